The van der Waals surface area contributed by atoms with E-state index in [1.807, 2.05) is 0 Å². The van der Waals surface area contributed by atoms with Gasteiger partial charge in [0.2, 0.25) is 0 Å². The Bertz CT molecular complexity index is 1050. The molecule has 1 N–H and O–H groups in total. The van der Waals surface area contributed by atoms with Gasteiger partial charge in [0.1, 0.15) is 5.75 Å². The number of phenols is 1. The van der Waals surface area contributed by atoms with Crippen molar-refractivity contribution in [1.29, 1.82) is 0 Å². The number of Topliss-reactive ketones (excluding diaryl/α,β-unsaturated/α-hetero) is 1. The molecule has 124 valence electrons. The summed E-state index contributed by atoms with van der Waals surface area (Å²) >= 11 is 3.09. The lowest BCUT2D eigenvalue weighted by Crippen LogP contribution is -1.95. The fourth-order valence-electron chi connectivity index (χ4n) is 1.27. The van der Waals surface area contributed by atoms with Crippen LogP contribution in [0.5, 0.6) is 5.75 Å². The van der Waals surface area contributed by atoms with Gasteiger partial charge in [0, 0.05) is 10.0 Å². The molecule has 1 rings (SSSR count). The van der Waals surface area contributed by atoms with E-state index in [-0.39, 0.29) is 17.1 Å². The van der Waals surface area contributed by atoms with Crippen molar-refractivity contribution in [3.05, 3.63) is 27.7 Å². The van der Waals surface area contributed by atoms with E-state index in [2.05, 4.69) is 81.1 Å². The molecule has 26 heavy (non-hydrogen) atoms. The first-order chi connectivity index (χ1) is 12.5. The van der Waals surface area contributed by atoms with Crippen molar-refractivity contribution in [2.75, 3.05) is 0 Å². The van der Waals surface area contributed by atoms with Crippen LogP contribution >= 0.6 is 15.9 Å². The van der Waals surface area contributed by atoms with Gasteiger partial charge in [0.15, 0.2) is 12.1 Å². The van der Waals surface area contributed by atoms with Gasteiger partial charge in [-0.05, 0) is 101 Å². The van der Waals surface area contributed by atoms with Gasteiger partial charge in [-0.1, -0.05) is 5.92 Å². The van der Waals surface area contributed by atoms with Gasteiger partial charge in [0.05, 0.1) is 5.56 Å². The van der Waals surface area contributed by atoms with Gasteiger partial charge in [0.25, 0.3) is 0 Å². The third kappa shape index (κ3) is 9.36. The van der Waals surface area contributed by atoms with Crippen LogP contribution in [0.3, 0.4) is 0 Å². The number of phenolic OH excluding ortho intramolecular Hbond substituents is 1. The molecule has 1 aromatic rings. The predicted octanol–water partition coefficient (Wildman–Crippen LogP) is 2.83. The van der Waals surface area contributed by atoms with Gasteiger partial charge >= 0.3 is 0 Å². The molecule has 4 heteroatoms. The summed E-state index contributed by atoms with van der Waals surface area (Å²) in [4.78, 5) is 21.4. The van der Waals surface area contributed by atoms with E-state index in [9.17, 15) is 14.7 Å². The van der Waals surface area contributed by atoms with Crippen LogP contribution in [-0.4, -0.2) is 17.2 Å². The standard InChI is InChI=1S/C13H4.C9H7BrO3/c1-3-5-7-9-11-13-12-10-8-6-4-2;1-5(12)7-2-6(4-11)8(10)3-9(7)13/h1H,2H3;2-4,13H,1H3. The Morgan fingerprint density at radius 1 is 1.04 bits per heavy atom. The zero-order valence-electron chi connectivity index (χ0n) is 14.0. The van der Waals surface area contributed by atoms with Crippen molar-refractivity contribution in [1.82, 2.24) is 0 Å². The third-order valence-corrected chi connectivity index (χ3v) is 3.01. The van der Waals surface area contributed by atoms with Gasteiger partial charge in [-0.25, -0.2) is 0 Å². The summed E-state index contributed by atoms with van der Waals surface area (Å²) in [5.74, 6) is 26.5. The monoisotopic (exact) mass is 402 g/mol. The van der Waals surface area contributed by atoms with Crippen LogP contribution in [0.4, 0.5) is 0 Å². The van der Waals surface area contributed by atoms with Crippen molar-refractivity contribution in [2.24, 2.45) is 0 Å². The average Bonchev–Trinajstić information content (AvgIpc) is 2.61. The lowest BCUT2D eigenvalue weighted by molar-refractivity contribution is 0.101. The molecule has 0 heterocycles. The molecule has 0 radical (unpaired) electrons. The summed E-state index contributed by atoms with van der Waals surface area (Å²) in [7, 11) is 0. The van der Waals surface area contributed by atoms with Crippen LogP contribution < -0.4 is 0 Å². The van der Waals surface area contributed by atoms with E-state index >= 15 is 0 Å². The minimum atomic E-state index is -0.270. The van der Waals surface area contributed by atoms with Crippen molar-refractivity contribution >= 4 is 28.0 Å². The molecular weight excluding hydrogens is 392 g/mol. The quantitative estimate of drug-likeness (QED) is 0.470. The van der Waals surface area contributed by atoms with Gasteiger partial charge in [-0.3, -0.25) is 9.59 Å². The molecule has 1 aromatic carbocycles. The largest absolute Gasteiger partial charge is 0.507 e. The summed E-state index contributed by atoms with van der Waals surface area (Å²) in [6.45, 7) is 3.04. The lowest BCUT2D eigenvalue weighted by atomic mass is 10.1. The Morgan fingerprint density at radius 2 is 1.54 bits per heavy atom. The molecule has 0 saturated heterocycles. The SMILES string of the molecule is C#CC#CC#CC#CC#CC#CC.CC(=O)c1cc(C=O)c(Br)cc1O. The Morgan fingerprint density at radius 3 is 1.96 bits per heavy atom. The summed E-state index contributed by atoms with van der Waals surface area (Å²) in [5.41, 5.74) is 0.508. The van der Waals surface area contributed by atoms with E-state index in [1.54, 1.807) is 6.92 Å². The Kier molecular flexibility index (Phi) is 11.6. The second kappa shape index (κ2) is 13.6. The first kappa shape index (κ1) is 22.2. The zero-order chi connectivity index (χ0) is 19.8. The first-order valence-corrected chi connectivity index (χ1v) is 7.63. The maximum atomic E-state index is 11.0. The molecule has 0 aliphatic carbocycles. The topological polar surface area (TPSA) is 54.4 Å². The summed E-state index contributed by atoms with van der Waals surface area (Å²) in [6.07, 6.45) is 5.48. The maximum Gasteiger partial charge on any atom is 0.163 e. The summed E-state index contributed by atoms with van der Waals surface area (Å²) in [6, 6.07) is 2.69. The minimum absolute atomic E-state index is 0.120. The number of hydrogen-bond donors (Lipinski definition) is 1. The Balaban J connectivity index is 0.000000481. The van der Waals surface area contributed by atoms with E-state index < -0.39 is 0 Å². The molecule has 0 bridgehead atoms. The highest BCUT2D eigenvalue weighted by Gasteiger charge is 2.10. The second-order valence-corrected chi connectivity index (χ2v) is 4.94. The van der Waals surface area contributed by atoms with Gasteiger partial charge in [-0.15, -0.1) is 6.42 Å². The highest BCUT2D eigenvalue weighted by atomic mass is 79.9. The van der Waals surface area contributed by atoms with Crippen LogP contribution in [0.25, 0.3) is 0 Å². The van der Waals surface area contributed by atoms with Crippen molar-refractivity contribution in [2.45, 2.75) is 13.8 Å². The fourth-order valence-corrected chi connectivity index (χ4v) is 1.69. The number of hydrogen-bond acceptors (Lipinski definition) is 3. The molecule has 0 aliphatic rings. The fraction of sp³-hybridized carbons (Fsp3) is 0.0909. The number of halogens is 1. The molecule has 0 aromatic heterocycles. The minimum Gasteiger partial charge on any atom is -0.507 e. The second-order valence-electron chi connectivity index (χ2n) is 4.08. The van der Waals surface area contributed by atoms with E-state index in [1.165, 1.54) is 19.1 Å². The number of aromatic hydroxyl groups is 1. The van der Waals surface area contributed by atoms with Crippen molar-refractivity contribution < 1.29 is 14.7 Å². The zero-order valence-corrected chi connectivity index (χ0v) is 15.5. The molecule has 0 unspecified atom stereocenters. The van der Waals surface area contributed by atoms with Crippen LogP contribution in [0.1, 0.15) is 34.6 Å². The average molecular weight is 403 g/mol. The molecule has 0 amide bonds. The van der Waals surface area contributed by atoms with Gasteiger partial charge < -0.3 is 5.11 Å². The normalized spacial score (nSPS) is 6.69. The highest BCUT2D eigenvalue weighted by molar-refractivity contribution is 9.10. The van der Waals surface area contributed by atoms with Crippen LogP contribution in [-0.2, 0) is 0 Å². The molecule has 0 saturated carbocycles. The van der Waals surface area contributed by atoms with Crippen molar-refractivity contribution in [3.63, 3.8) is 0 Å². The smallest absolute Gasteiger partial charge is 0.163 e. The lowest BCUT2D eigenvalue weighted by Gasteiger charge is -2.02. The van der Waals surface area contributed by atoms with Crippen LogP contribution in [0.2, 0.25) is 0 Å². The third-order valence-electron chi connectivity index (χ3n) is 2.32. The number of rotatable bonds is 2. The van der Waals surface area contributed by atoms with E-state index in [4.69, 9.17) is 6.42 Å². The summed E-state index contributed by atoms with van der Waals surface area (Å²) < 4.78 is 0.477. The van der Waals surface area contributed by atoms with Crippen LogP contribution in [0.15, 0.2) is 16.6 Å². The predicted molar refractivity (Wildman–Crippen MR) is 105 cm³/mol. The number of benzene rings is 1. The van der Waals surface area contributed by atoms with Crippen molar-refractivity contribution in [3.8, 4) is 77.3 Å². The highest BCUT2D eigenvalue weighted by Crippen LogP contribution is 2.25. The van der Waals surface area contributed by atoms with Gasteiger partial charge in [-0.2, -0.15) is 0 Å². The van der Waals surface area contributed by atoms with Crippen LogP contribution in [0, 0.1) is 71.5 Å². The number of carbonyl (C=O) groups excluding carboxylic acids is 2. The Labute approximate surface area is 161 Å². The molecule has 0 atom stereocenters. The number of terminal acetylenes is 1. The molecular formula is C22H11BrO3. The molecule has 0 fully saturated rings. The first-order valence-electron chi connectivity index (χ1n) is 6.83. The molecule has 3 nitrogen and oxygen atoms in total. The molecule has 0 spiro atoms. The van der Waals surface area contributed by atoms with E-state index in [0.717, 1.165) is 0 Å². The maximum absolute atomic E-state index is 11.0. The molecule has 0 aliphatic heterocycles. The summed E-state index contributed by atoms with van der Waals surface area (Å²) in [5, 5.41) is 9.31. The number of ketones is 1. The van der Waals surface area contributed by atoms with E-state index in [0.29, 0.717) is 16.3 Å². The number of aldehydes is 1. The number of carbonyl (C=O) groups is 2. The Hall–Kier alpha value is -3.80.